The van der Waals surface area contributed by atoms with Gasteiger partial charge < -0.3 is 14.2 Å². The third-order valence-corrected chi connectivity index (χ3v) is 4.73. The van der Waals surface area contributed by atoms with Gasteiger partial charge in [-0.2, -0.15) is 4.98 Å². The average molecular weight is 378 g/mol. The van der Waals surface area contributed by atoms with E-state index in [-0.39, 0.29) is 11.8 Å². The van der Waals surface area contributed by atoms with Crippen LogP contribution in [0.4, 0.5) is 0 Å². The first-order valence-corrected chi connectivity index (χ1v) is 9.39. The van der Waals surface area contributed by atoms with E-state index in [0.29, 0.717) is 50.9 Å². The van der Waals surface area contributed by atoms with Crippen molar-refractivity contribution in [1.29, 1.82) is 0 Å². The molecule has 1 amide bonds. The molecule has 1 aromatic carbocycles. The van der Waals surface area contributed by atoms with Crippen LogP contribution in [0.1, 0.15) is 28.8 Å². The van der Waals surface area contributed by atoms with Crippen LogP contribution in [0.2, 0.25) is 0 Å². The highest BCUT2D eigenvalue weighted by molar-refractivity contribution is 5.79. The second-order valence-electron chi connectivity index (χ2n) is 6.87. The van der Waals surface area contributed by atoms with Gasteiger partial charge in [0.15, 0.2) is 5.82 Å². The molecule has 0 spiro atoms. The first-order valence-electron chi connectivity index (χ1n) is 9.39. The van der Waals surface area contributed by atoms with Crippen LogP contribution in [0.5, 0.6) is 0 Å². The van der Waals surface area contributed by atoms with Gasteiger partial charge in [-0.05, 0) is 17.2 Å². The van der Waals surface area contributed by atoms with Crippen molar-refractivity contribution in [2.75, 3.05) is 19.7 Å². The second kappa shape index (κ2) is 8.75. The maximum absolute atomic E-state index is 12.3. The summed E-state index contributed by atoms with van der Waals surface area (Å²) < 4.78 is 11.0. The number of nitrogens with zero attached hydrogens (tertiary/aromatic N) is 4. The minimum atomic E-state index is 0.0956. The van der Waals surface area contributed by atoms with Crippen LogP contribution in [0, 0.1) is 0 Å². The summed E-state index contributed by atoms with van der Waals surface area (Å²) in [5, 5.41) is 4.02. The highest BCUT2D eigenvalue weighted by atomic mass is 16.5. The molecule has 3 heterocycles. The van der Waals surface area contributed by atoms with Crippen LogP contribution < -0.4 is 0 Å². The van der Waals surface area contributed by atoms with Gasteiger partial charge in [0.05, 0.1) is 25.6 Å². The van der Waals surface area contributed by atoms with Crippen molar-refractivity contribution in [2.24, 2.45) is 0 Å². The van der Waals surface area contributed by atoms with Gasteiger partial charge in [-0.25, -0.2) is 0 Å². The SMILES string of the molecule is O=C(Cc1cccnc1)N1CC(c2nc(CCOCc3ccccc3)no2)C1. The minimum Gasteiger partial charge on any atom is -0.376 e. The summed E-state index contributed by atoms with van der Waals surface area (Å²) >= 11 is 0. The largest absolute Gasteiger partial charge is 0.376 e. The Hall–Kier alpha value is -3.06. The fourth-order valence-corrected chi connectivity index (χ4v) is 3.09. The predicted octanol–water partition coefficient (Wildman–Crippen LogP) is 2.39. The Kier molecular flexibility index (Phi) is 5.72. The molecule has 0 bridgehead atoms. The summed E-state index contributed by atoms with van der Waals surface area (Å²) in [6, 6.07) is 13.8. The van der Waals surface area contributed by atoms with Crippen molar-refractivity contribution < 1.29 is 14.1 Å². The molecule has 1 aliphatic rings. The number of benzene rings is 1. The lowest BCUT2D eigenvalue weighted by Gasteiger charge is -2.37. The molecule has 0 aliphatic carbocycles. The Balaban J connectivity index is 1.18. The average Bonchev–Trinajstić information content (AvgIpc) is 3.14. The minimum absolute atomic E-state index is 0.0956. The van der Waals surface area contributed by atoms with E-state index < -0.39 is 0 Å². The third-order valence-electron chi connectivity index (χ3n) is 4.73. The first-order chi connectivity index (χ1) is 13.8. The monoisotopic (exact) mass is 378 g/mol. The van der Waals surface area contributed by atoms with Crippen LogP contribution in [-0.4, -0.2) is 45.6 Å². The number of pyridine rings is 1. The molecule has 4 rings (SSSR count). The van der Waals surface area contributed by atoms with E-state index in [1.807, 2.05) is 47.4 Å². The van der Waals surface area contributed by atoms with Crippen molar-refractivity contribution in [3.05, 3.63) is 77.7 Å². The Morgan fingerprint density at radius 3 is 2.75 bits per heavy atom. The van der Waals surface area contributed by atoms with Crippen LogP contribution in [0.3, 0.4) is 0 Å². The summed E-state index contributed by atoms with van der Waals surface area (Å²) in [6.07, 6.45) is 4.40. The lowest BCUT2D eigenvalue weighted by Crippen LogP contribution is -2.49. The van der Waals surface area contributed by atoms with Crippen molar-refractivity contribution >= 4 is 5.91 Å². The predicted molar refractivity (Wildman–Crippen MR) is 101 cm³/mol. The highest BCUT2D eigenvalue weighted by Crippen LogP contribution is 2.26. The van der Waals surface area contributed by atoms with Gasteiger partial charge in [0.2, 0.25) is 11.8 Å². The van der Waals surface area contributed by atoms with Crippen molar-refractivity contribution in [3.63, 3.8) is 0 Å². The molecule has 2 aromatic heterocycles. The molecule has 7 nitrogen and oxygen atoms in total. The summed E-state index contributed by atoms with van der Waals surface area (Å²) in [4.78, 5) is 22.6. The smallest absolute Gasteiger partial charge is 0.233 e. The van der Waals surface area contributed by atoms with Crippen LogP contribution in [0.15, 0.2) is 59.4 Å². The summed E-state index contributed by atoms with van der Waals surface area (Å²) in [6.45, 7) is 2.34. The standard InChI is InChI=1S/C21H22N4O3/c26-20(11-17-7-4-9-22-12-17)25-13-18(14-25)21-23-19(24-28-21)8-10-27-15-16-5-2-1-3-6-16/h1-7,9,12,18H,8,10-11,13-15H2. The third kappa shape index (κ3) is 4.61. The number of likely N-dealkylation sites (tertiary alicyclic amines) is 1. The lowest BCUT2D eigenvalue weighted by atomic mass is 9.99. The molecule has 0 unspecified atom stereocenters. The van der Waals surface area contributed by atoms with Crippen LogP contribution in [0.25, 0.3) is 0 Å². The number of hydrogen-bond acceptors (Lipinski definition) is 6. The van der Waals surface area contributed by atoms with Crippen LogP contribution in [-0.2, 0) is 29.0 Å². The maximum atomic E-state index is 12.3. The fraction of sp³-hybridized carbons (Fsp3) is 0.333. The molecule has 0 atom stereocenters. The van der Waals surface area contributed by atoms with Gasteiger partial charge >= 0.3 is 0 Å². The molecule has 1 saturated heterocycles. The first kappa shape index (κ1) is 18.3. The highest BCUT2D eigenvalue weighted by Gasteiger charge is 2.35. The lowest BCUT2D eigenvalue weighted by molar-refractivity contribution is -0.135. The van der Waals surface area contributed by atoms with Gasteiger partial charge in [0.25, 0.3) is 0 Å². The van der Waals surface area contributed by atoms with Gasteiger partial charge in [0, 0.05) is 31.9 Å². The molecule has 0 saturated carbocycles. The van der Waals surface area contributed by atoms with E-state index in [9.17, 15) is 4.79 Å². The number of ether oxygens (including phenoxy) is 1. The number of aromatic nitrogens is 3. The van der Waals surface area contributed by atoms with Crippen molar-refractivity contribution in [3.8, 4) is 0 Å². The van der Waals surface area contributed by atoms with Crippen molar-refractivity contribution in [2.45, 2.75) is 25.4 Å². The van der Waals surface area contributed by atoms with E-state index in [1.165, 1.54) is 0 Å². The Labute approximate surface area is 163 Å². The molecule has 1 aliphatic heterocycles. The van der Waals surface area contributed by atoms with E-state index >= 15 is 0 Å². The van der Waals surface area contributed by atoms with Crippen LogP contribution >= 0.6 is 0 Å². The van der Waals surface area contributed by atoms with E-state index in [0.717, 1.165) is 11.1 Å². The molecule has 0 radical (unpaired) electrons. The second-order valence-corrected chi connectivity index (χ2v) is 6.87. The van der Waals surface area contributed by atoms with E-state index in [1.54, 1.807) is 12.4 Å². The molecule has 144 valence electrons. The zero-order chi connectivity index (χ0) is 19.2. The maximum Gasteiger partial charge on any atom is 0.233 e. The quantitative estimate of drug-likeness (QED) is 0.560. The molecular weight excluding hydrogens is 356 g/mol. The Bertz CT molecular complexity index is 892. The number of hydrogen-bond donors (Lipinski definition) is 0. The molecule has 0 N–H and O–H groups in total. The number of carbonyl (C=O) groups excluding carboxylic acids is 1. The van der Waals surface area contributed by atoms with E-state index in [4.69, 9.17) is 9.26 Å². The number of rotatable bonds is 8. The summed E-state index contributed by atoms with van der Waals surface area (Å²) in [7, 11) is 0. The number of carbonyl (C=O) groups is 1. The summed E-state index contributed by atoms with van der Waals surface area (Å²) in [5.74, 6) is 1.45. The molecule has 28 heavy (non-hydrogen) atoms. The Morgan fingerprint density at radius 1 is 1.14 bits per heavy atom. The molecule has 1 fully saturated rings. The fourth-order valence-electron chi connectivity index (χ4n) is 3.09. The topological polar surface area (TPSA) is 81.4 Å². The molecule has 7 heteroatoms. The zero-order valence-corrected chi connectivity index (χ0v) is 15.5. The zero-order valence-electron chi connectivity index (χ0n) is 15.5. The van der Waals surface area contributed by atoms with Gasteiger partial charge in [0.1, 0.15) is 0 Å². The number of amides is 1. The Morgan fingerprint density at radius 2 is 1.96 bits per heavy atom. The molecular formula is C21H22N4O3. The van der Waals surface area contributed by atoms with Crippen molar-refractivity contribution in [1.82, 2.24) is 20.0 Å². The molecule has 3 aromatic rings. The van der Waals surface area contributed by atoms with E-state index in [2.05, 4.69) is 15.1 Å². The van der Waals surface area contributed by atoms with Gasteiger partial charge in [-0.15, -0.1) is 0 Å². The van der Waals surface area contributed by atoms with Gasteiger partial charge in [-0.3, -0.25) is 9.78 Å². The summed E-state index contributed by atoms with van der Waals surface area (Å²) in [5.41, 5.74) is 2.06. The van der Waals surface area contributed by atoms with Gasteiger partial charge in [-0.1, -0.05) is 41.6 Å². The normalized spacial score (nSPS) is 14.1.